The zero-order valence-electron chi connectivity index (χ0n) is 15.4. The Balaban J connectivity index is 2.01. The second-order valence-electron chi connectivity index (χ2n) is 6.53. The molecule has 2 rings (SSSR count). The molecule has 25 heavy (non-hydrogen) atoms. The molecule has 0 atom stereocenters. The molecule has 0 spiro atoms. The van der Waals surface area contributed by atoms with Crippen molar-refractivity contribution in [3.63, 3.8) is 0 Å². The summed E-state index contributed by atoms with van der Waals surface area (Å²) in [6.45, 7) is 8.01. The van der Waals surface area contributed by atoms with Crippen LogP contribution in [-0.4, -0.2) is 33.0 Å². The lowest BCUT2D eigenvalue weighted by atomic mass is 10.1. The van der Waals surface area contributed by atoms with Gasteiger partial charge in [-0.05, 0) is 24.3 Å². The fourth-order valence-corrected chi connectivity index (χ4v) is 3.30. The maximum atomic E-state index is 11.8. The summed E-state index contributed by atoms with van der Waals surface area (Å²) < 4.78 is 2.17. The van der Waals surface area contributed by atoms with E-state index in [0.29, 0.717) is 11.7 Å². The van der Waals surface area contributed by atoms with Gasteiger partial charge in [0.25, 0.3) is 0 Å². The van der Waals surface area contributed by atoms with E-state index in [2.05, 4.69) is 58.2 Å². The Morgan fingerprint density at radius 2 is 1.96 bits per heavy atom. The van der Waals surface area contributed by atoms with Crippen molar-refractivity contribution in [2.24, 2.45) is 5.92 Å². The number of carbonyl (C=O) groups excluding carboxylic acids is 1. The van der Waals surface area contributed by atoms with E-state index in [1.807, 2.05) is 13.0 Å². The third kappa shape index (κ3) is 6.53. The molecule has 1 aromatic heterocycles. The van der Waals surface area contributed by atoms with E-state index in [9.17, 15) is 4.79 Å². The first-order chi connectivity index (χ1) is 12.1. The predicted molar refractivity (Wildman–Crippen MR) is 103 cm³/mol. The van der Waals surface area contributed by atoms with Crippen LogP contribution in [0.15, 0.2) is 35.5 Å². The number of rotatable bonds is 10. The molecule has 0 saturated heterocycles. The van der Waals surface area contributed by atoms with E-state index in [0.717, 1.165) is 43.3 Å². The third-order valence-electron chi connectivity index (χ3n) is 3.73. The summed E-state index contributed by atoms with van der Waals surface area (Å²) in [5.41, 5.74) is 1.30. The molecule has 0 fully saturated rings. The maximum absolute atomic E-state index is 11.8. The molecule has 0 saturated carbocycles. The monoisotopic (exact) mass is 360 g/mol. The molecule has 136 valence electrons. The lowest BCUT2D eigenvalue weighted by Crippen LogP contribution is -2.25. The van der Waals surface area contributed by atoms with Gasteiger partial charge >= 0.3 is 0 Å². The first kappa shape index (κ1) is 19.5. The summed E-state index contributed by atoms with van der Waals surface area (Å²) in [6, 6.07) is 10.4. The molecule has 1 amide bonds. The van der Waals surface area contributed by atoms with Crippen molar-refractivity contribution >= 4 is 17.7 Å². The number of thioether (sulfide) groups is 1. The van der Waals surface area contributed by atoms with Crippen LogP contribution in [0.2, 0.25) is 0 Å². The molecule has 1 aromatic carbocycles. The first-order valence-electron chi connectivity index (χ1n) is 8.95. The van der Waals surface area contributed by atoms with Crippen LogP contribution < -0.4 is 5.32 Å². The van der Waals surface area contributed by atoms with E-state index >= 15 is 0 Å². The Labute approximate surface area is 154 Å². The molecule has 5 nitrogen and oxygen atoms in total. The average molecular weight is 361 g/mol. The van der Waals surface area contributed by atoms with Crippen LogP contribution in [0.1, 0.15) is 38.6 Å². The first-order valence-corrected chi connectivity index (χ1v) is 9.94. The second-order valence-corrected chi connectivity index (χ2v) is 7.47. The number of carbonyl (C=O) groups is 1. The standard InChI is InChI=1S/C19H28N4OS/c1-4-12-20-18(24)14-25-19-22-21-17(23(19)13-15(2)3)11-10-16-8-6-5-7-9-16/h5-9,15H,4,10-14H2,1-3H3,(H,20,24). The molecule has 1 heterocycles. The molecule has 6 heteroatoms. The minimum Gasteiger partial charge on any atom is -0.355 e. The van der Waals surface area contributed by atoms with Gasteiger partial charge < -0.3 is 9.88 Å². The Kier molecular flexibility index (Phi) is 7.98. The van der Waals surface area contributed by atoms with Crippen LogP contribution in [-0.2, 0) is 24.2 Å². The fourth-order valence-electron chi connectivity index (χ4n) is 2.51. The second kappa shape index (κ2) is 10.2. The summed E-state index contributed by atoms with van der Waals surface area (Å²) in [5, 5.41) is 12.4. The molecule has 0 aliphatic carbocycles. The van der Waals surface area contributed by atoms with Gasteiger partial charge in [0.2, 0.25) is 5.91 Å². The van der Waals surface area contributed by atoms with Gasteiger partial charge in [-0.1, -0.05) is 62.9 Å². The number of nitrogens with one attached hydrogen (secondary N) is 1. The van der Waals surface area contributed by atoms with Gasteiger partial charge in [0, 0.05) is 19.5 Å². The summed E-state index contributed by atoms with van der Waals surface area (Å²) in [6.07, 6.45) is 2.74. The molecule has 1 N–H and O–H groups in total. The number of aryl methyl sites for hydroxylation is 2. The Morgan fingerprint density at radius 3 is 2.64 bits per heavy atom. The molecular formula is C19H28N4OS. The Hall–Kier alpha value is -1.82. The van der Waals surface area contributed by atoms with Gasteiger partial charge in [0.15, 0.2) is 5.16 Å². The van der Waals surface area contributed by atoms with E-state index in [1.54, 1.807) is 0 Å². The number of hydrogen-bond acceptors (Lipinski definition) is 4. The van der Waals surface area contributed by atoms with Crippen LogP contribution in [0.4, 0.5) is 0 Å². The Morgan fingerprint density at radius 1 is 1.20 bits per heavy atom. The molecule has 0 unspecified atom stereocenters. The highest BCUT2D eigenvalue weighted by molar-refractivity contribution is 7.99. The zero-order chi connectivity index (χ0) is 18.1. The number of benzene rings is 1. The van der Waals surface area contributed by atoms with Crippen molar-refractivity contribution in [3.8, 4) is 0 Å². The van der Waals surface area contributed by atoms with Gasteiger partial charge in [0.1, 0.15) is 5.82 Å². The summed E-state index contributed by atoms with van der Waals surface area (Å²) in [4.78, 5) is 11.8. The van der Waals surface area contributed by atoms with E-state index in [1.165, 1.54) is 17.3 Å². The van der Waals surface area contributed by atoms with Crippen LogP contribution in [0.3, 0.4) is 0 Å². The normalized spacial score (nSPS) is 11.0. The van der Waals surface area contributed by atoms with Crippen LogP contribution in [0, 0.1) is 5.92 Å². The van der Waals surface area contributed by atoms with E-state index in [4.69, 9.17) is 0 Å². The van der Waals surface area contributed by atoms with Crippen LogP contribution in [0.5, 0.6) is 0 Å². The predicted octanol–water partition coefficient (Wildman–Crippen LogP) is 3.34. The molecule has 0 bridgehead atoms. The summed E-state index contributed by atoms with van der Waals surface area (Å²) in [7, 11) is 0. The minimum atomic E-state index is 0.0526. The van der Waals surface area contributed by atoms with E-state index in [-0.39, 0.29) is 5.91 Å². The molecule has 0 radical (unpaired) electrons. The lowest BCUT2D eigenvalue weighted by molar-refractivity contribution is -0.118. The van der Waals surface area contributed by atoms with Gasteiger partial charge in [-0.3, -0.25) is 4.79 Å². The highest BCUT2D eigenvalue weighted by Gasteiger charge is 2.15. The molecular weight excluding hydrogens is 332 g/mol. The van der Waals surface area contributed by atoms with Crippen molar-refractivity contribution in [2.75, 3.05) is 12.3 Å². The largest absolute Gasteiger partial charge is 0.355 e. The Bertz CT molecular complexity index is 655. The summed E-state index contributed by atoms with van der Waals surface area (Å²) >= 11 is 1.47. The number of nitrogens with zero attached hydrogens (tertiary/aromatic N) is 3. The highest BCUT2D eigenvalue weighted by Crippen LogP contribution is 2.19. The van der Waals surface area contributed by atoms with Crippen LogP contribution in [0.25, 0.3) is 0 Å². The van der Waals surface area contributed by atoms with E-state index < -0.39 is 0 Å². The molecule has 0 aliphatic heterocycles. The minimum absolute atomic E-state index is 0.0526. The van der Waals surface area contributed by atoms with Crippen molar-refractivity contribution in [2.45, 2.75) is 51.7 Å². The van der Waals surface area contributed by atoms with Crippen LogP contribution >= 0.6 is 11.8 Å². The molecule has 2 aromatic rings. The molecule has 0 aliphatic rings. The number of amides is 1. The summed E-state index contributed by atoms with van der Waals surface area (Å²) in [5.74, 6) is 1.93. The number of hydrogen-bond donors (Lipinski definition) is 1. The van der Waals surface area contributed by atoms with Crippen molar-refractivity contribution in [1.82, 2.24) is 20.1 Å². The smallest absolute Gasteiger partial charge is 0.230 e. The maximum Gasteiger partial charge on any atom is 0.230 e. The third-order valence-corrected chi connectivity index (χ3v) is 4.69. The quantitative estimate of drug-likeness (QED) is 0.660. The van der Waals surface area contributed by atoms with Gasteiger partial charge in [-0.25, -0.2) is 0 Å². The van der Waals surface area contributed by atoms with Gasteiger partial charge in [0.05, 0.1) is 5.75 Å². The van der Waals surface area contributed by atoms with Crippen molar-refractivity contribution in [3.05, 3.63) is 41.7 Å². The van der Waals surface area contributed by atoms with Crippen molar-refractivity contribution < 1.29 is 4.79 Å². The SMILES string of the molecule is CCCNC(=O)CSc1nnc(CCc2ccccc2)n1CC(C)C. The van der Waals surface area contributed by atoms with Gasteiger partial charge in [-0.2, -0.15) is 0 Å². The van der Waals surface area contributed by atoms with Gasteiger partial charge in [-0.15, -0.1) is 10.2 Å². The number of aromatic nitrogens is 3. The van der Waals surface area contributed by atoms with Crippen molar-refractivity contribution in [1.29, 1.82) is 0 Å². The fraction of sp³-hybridized carbons (Fsp3) is 0.526. The highest BCUT2D eigenvalue weighted by atomic mass is 32.2. The topological polar surface area (TPSA) is 59.8 Å². The lowest BCUT2D eigenvalue weighted by Gasteiger charge is -2.12. The average Bonchev–Trinajstić information content (AvgIpc) is 2.98. The zero-order valence-corrected chi connectivity index (χ0v) is 16.2.